The highest BCUT2D eigenvalue weighted by Crippen LogP contribution is 2.41. The van der Waals surface area contributed by atoms with Gasteiger partial charge < -0.3 is 14.5 Å². The third-order valence-electron chi connectivity index (χ3n) is 3.83. The van der Waals surface area contributed by atoms with Gasteiger partial charge in [-0.15, -0.1) is 0 Å². The second kappa shape index (κ2) is 4.27. The van der Waals surface area contributed by atoms with Crippen LogP contribution in [0.1, 0.15) is 37.2 Å². The van der Waals surface area contributed by atoms with Crippen molar-refractivity contribution in [2.75, 3.05) is 13.2 Å². The van der Waals surface area contributed by atoms with Gasteiger partial charge in [0, 0.05) is 25.1 Å². The van der Waals surface area contributed by atoms with Crippen LogP contribution in [0.4, 0.5) is 0 Å². The summed E-state index contributed by atoms with van der Waals surface area (Å²) in [6.45, 7) is 1.44. The molecule has 0 unspecified atom stereocenters. The van der Waals surface area contributed by atoms with E-state index >= 15 is 0 Å². The van der Waals surface area contributed by atoms with Gasteiger partial charge in [-0.25, -0.2) is 0 Å². The molecule has 0 radical (unpaired) electrons. The third kappa shape index (κ3) is 2.15. The van der Waals surface area contributed by atoms with Gasteiger partial charge in [-0.1, -0.05) is 0 Å². The van der Waals surface area contributed by atoms with E-state index in [9.17, 15) is 4.79 Å². The number of hydrogen-bond acceptors (Lipinski definition) is 3. The van der Waals surface area contributed by atoms with Crippen LogP contribution in [0.2, 0.25) is 0 Å². The van der Waals surface area contributed by atoms with Crippen molar-refractivity contribution in [1.82, 2.24) is 4.98 Å². The third-order valence-corrected chi connectivity index (χ3v) is 3.83. The fourth-order valence-electron chi connectivity index (χ4n) is 2.89. The largest absolute Gasteiger partial charge is 0.348 e. The van der Waals surface area contributed by atoms with E-state index < -0.39 is 0 Å². The normalized spacial score (nSPS) is 24.2. The van der Waals surface area contributed by atoms with Crippen LogP contribution in [-0.2, 0) is 9.47 Å². The number of rotatable bonds is 1. The molecule has 3 rings (SSSR count). The lowest BCUT2D eigenvalue weighted by molar-refractivity contribution is -0.178. The second-order valence-electron chi connectivity index (χ2n) is 4.87. The van der Waals surface area contributed by atoms with Crippen molar-refractivity contribution in [3.8, 4) is 0 Å². The molecule has 0 bridgehead atoms. The lowest BCUT2D eigenvalue weighted by atomic mass is 9.81. The topological polar surface area (TPSA) is 51.3 Å². The van der Waals surface area contributed by atoms with Crippen molar-refractivity contribution in [2.45, 2.75) is 37.4 Å². The zero-order chi connectivity index (χ0) is 11.7. The maximum atomic E-state index is 11.3. The molecule has 1 N–H and O–H groups in total. The molecule has 1 saturated heterocycles. The Morgan fingerprint density at radius 1 is 1.24 bits per heavy atom. The van der Waals surface area contributed by atoms with Gasteiger partial charge in [0.25, 0.3) is 0 Å². The number of aromatic nitrogens is 1. The Morgan fingerprint density at radius 3 is 2.59 bits per heavy atom. The molecular weight excluding hydrogens is 218 g/mol. The molecule has 1 aromatic heterocycles. The van der Waals surface area contributed by atoms with Gasteiger partial charge in [-0.3, -0.25) is 4.79 Å². The Kier molecular flexibility index (Phi) is 2.76. The summed E-state index contributed by atoms with van der Waals surface area (Å²) in [7, 11) is 0. The molecule has 1 spiro atoms. The van der Waals surface area contributed by atoms with Crippen LogP contribution in [0.5, 0.6) is 0 Å². The van der Waals surface area contributed by atoms with Crippen molar-refractivity contribution in [3.05, 3.63) is 34.2 Å². The molecule has 2 aliphatic rings. The number of H-pyrrole nitrogens is 1. The van der Waals surface area contributed by atoms with Crippen molar-refractivity contribution in [1.29, 1.82) is 0 Å². The van der Waals surface area contributed by atoms with Crippen molar-refractivity contribution >= 4 is 0 Å². The monoisotopic (exact) mass is 235 g/mol. The maximum Gasteiger partial charge on any atom is 0.248 e. The van der Waals surface area contributed by atoms with Crippen LogP contribution < -0.4 is 5.56 Å². The van der Waals surface area contributed by atoms with Crippen LogP contribution in [0, 0.1) is 0 Å². The average molecular weight is 235 g/mol. The molecule has 1 aliphatic carbocycles. The smallest absolute Gasteiger partial charge is 0.248 e. The fourth-order valence-corrected chi connectivity index (χ4v) is 2.89. The first-order valence-corrected chi connectivity index (χ1v) is 6.24. The molecule has 17 heavy (non-hydrogen) atoms. The van der Waals surface area contributed by atoms with E-state index in [4.69, 9.17) is 9.47 Å². The lowest BCUT2D eigenvalue weighted by Crippen LogP contribution is -2.34. The summed E-state index contributed by atoms with van der Waals surface area (Å²) in [5.74, 6) is 0.160. The van der Waals surface area contributed by atoms with Gasteiger partial charge in [0.05, 0.1) is 13.2 Å². The summed E-state index contributed by atoms with van der Waals surface area (Å²) in [5, 5.41) is 0. The first-order chi connectivity index (χ1) is 8.27. The number of pyridine rings is 1. The molecule has 0 amide bonds. The SMILES string of the molecule is O=c1cc(C2CCC3(CC2)OCCO3)cc[nH]1. The summed E-state index contributed by atoms with van der Waals surface area (Å²) in [4.78, 5) is 13.9. The molecular formula is C13H17NO3. The van der Waals surface area contributed by atoms with Gasteiger partial charge in [0.15, 0.2) is 5.79 Å². The summed E-state index contributed by atoms with van der Waals surface area (Å²) >= 11 is 0. The molecule has 1 aromatic rings. The molecule has 92 valence electrons. The van der Waals surface area contributed by atoms with E-state index in [1.54, 1.807) is 12.3 Å². The molecule has 1 aliphatic heterocycles. The number of aromatic amines is 1. The van der Waals surface area contributed by atoms with E-state index in [-0.39, 0.29) is 11.3 Å². The Morgan fingerprint density at radius 2 is 1.94 bits per heavy atom. The number of nitrogens with one attached hydrogen (secondary N) is 1. The average Bonchev–Trinajstić information content (AvgIpc) is 2.79. The van der Waals surface area contributed by atoms with Gasteiger partial charge in [-0.05, 0) is 30.4 Å². The Balaban J connectivity index is 1.70. The van der Waals surface area contributed by atoms with Gasteiger partial charge >= 0.3 is 0 Å². The second-order valence-corrected chi connectivity index (χ2v) is 4.87. The van der Waals surface area contributed by atoms with Crippen molar-refractivity contribution in [2.24, 2.45) is 0 Å². The van der Waals surface area contributed by atoms with Crippen LogP contribution in [0.3, 0.4) is 0 Å². The van der Waals surface area contributed by atoms with Gasteiger partial charge in [0.1, 0.15) is 0 Å². The first kappa shape index (κ1) is 11.0. The highest BCUT2D eigenvalue weighted by Gasteiger charge is 2.40. The number of ether oxygens (including phenoxy) is 2. The summed E-state index contributed by atoms with van der Waals surface area (Å²) in [5.41, 5.74) is 1.12. The minimum Gasteiger partial charge on any atom is -0.348 e. The van der Waals surface area contributed by atoms with E-state index in [1.165, 1.54) is 0 Å². The van der Waals surface area contributed by atoms with Crippen LogP contribution in [-0.4, -0.2) is 24.0 Å². The molecule has 2 heterocycles. The summed E-state index contributed by atoms with van der Waals surface area (Å²) in [6, 6.07) is 3.71. The first-order valence-electron chi connectivity index (χ1n) is 6.24. The van der Waals surface area contributed by atoms with E-state index in [1.807, 2.05) is 6.07 Å². The predicted molar refractivity (Wildman–Crippen MR) is 62.9 cm³/mol. The van der Waals surface area contributed by atoms with Gasteiger partial charge in [-0.2, -0.15) is 0 Å². The zero-order valence-corrected chi connectivity index (χ0v) is 9.78. The van der Waals surface area contributed by atoms with E-state index in [2.05, 4.69) is 4.98 Å². The molecule has 4 nitrogen and oxygen atoms in total. The maximum absolute atomic E-state index is 11.3. The number of hydrogen-bond donors (Lipinski definition) is 1. The van der Waals surface area contributed by atoms with Crippen molar-refractivity contribution < 1.29 is 9.47 Å². The lowest BCUT2D eigenvalue weighted by Gasteiger charge is -2.35. The van der Waals surface area contributed by atoms with Gasteiger partial charge in [0.2, 0.25) is 5.56 Å². The molecule has 0 aromatic carbocycles. The van der Waals surface area contributed by atoms with Crippen LogP contribution >= 0.6 is 0 Å². The summed E-state index contributed by atoms with van der Waals surface area (Å²) < 4.78 is 11.4. The quantitative estimate of drug-likeness (QED) is 0.807. The Bertz CT molecular complexity index is 438. The van der Waals surface area contributed by atoms with Crippen LogP contribution in [0.15, 0.2) is 23.1 Å². The zero-order valence-electron chi connectivity index (χ0n) is 9.78. The van der Waals surface area contributed by atoms with E-state index in [0.717, 1.165) is 44.5 Å². The standard InChI is InChI=1S/C13H17NO3/c15-12-9-11(3-6-14-12)10-1-4-13(5-2-10)16-7-8-17-13/h3,6,9-10H,1-2,4-5,7-8H2,(H,14,15). The minimum atomic E-state index is -0.308. The molecule has 0 atom stereocenters. The Labute approximate surface area is 99.9 Å². The predicted octanol–water partition coefficient (Wildman–Crippen LogP) is 1.78. The molecule has 4 heteroatoms. The molecule has 1 saturated carbocycles. The highest BCUT2D eigenvalue weighted by atomic mass is 16.7. The summed E-state index contributed by atoms with van der Waals surface area (Å²) in [6.07, 6.45) is 5.66. The highest BCUT2D eigenvalue weighted by molar-refractivity contribution is 5.17. The van der Waals surface area contributed by atoms with E-state index in [0.29, 0.717) is 5.92 Å². The Hall–Kier alpha value is -1.13. The van der Waals surface area contributed by atoms with Crippen molar-refractivity contribution in [3.63, 3.8) is 0 Å². The fraction of sp³-hybridized carbons (Fsp3) is 0.615. The minimum absolute atomic E-state index is 0.0175. The molecule has 2 fully saturated rings. The van der Waals surface area contributed by atoms with Crippen LogP contribution in [0.25, 0.3) is 0 Å².